The van der Waals surface area contributed by atoms with Crippen LogP contribution < -0.4 is 18.9 Å². The van der Waals surface area contributed by atoms with Crippen molar-refractivity contribution >= 4 is 11.6 Å². The third-order valence-electron chi connectivity index (χ3n) is 4.66. The molecule has 0 bridgehead atoms. The Labute approximate surface area is 172 Å². The minimum atomic E-state index is -0.484. The standard InChI is InChI=1S/C23H18N2O5/c1-15-5-8-22-24-17(12-25(22)11-15)13-27-18-4-2-3-16(9-18)23(26)30-19-6-7-20-21(10-19)29-14-28-20/h2-12H,13-14H2,1H3. The zero-order chi connectivity index (χ0) is 20.5. The van der Waals surface area contributed by atoms with E-state index in [-0.39, 0.29) is 6.79 Å². The average molecular weight is 402 g/mol. The van der Waals surface area contributed by atoms with E-state index in [4.69, 9.17) is 18.9 Å². The number of carbonyl (C=O) groups is 1. The molecule has 2 aromatic heterocycles. The Kier molecular flexibility index (Phi) is 4.48. The molecular formula is C23H18N2O5. The maximum Gasteiger partial charge on any atom is 0.343 e. The van der Waals surface area contributed by atoms with Crippen LogP contribution in [0.25, 0.3) is 5.65 Å². The molecule has 0 atom stereocenters. The van der Waals surface area contributed by atoms with Crippen LogP contribution in [-0.2, 0) is 6.61 Å². The molecule has 0 unspecified atom stereocenters. The molecule has 0 N–H and O–H groups in total. The van der Waals surface area contributed by atoms with E-state index in [0.29, 0.717) is 35.2 Å². The number of hydrogen-bond donors (Lipinski definition) is 0. The van der Waals surface area contributed by atoms with E-state index in [0.717, 1.165) is 16.9 Å². The molecule has 0 spiro atoms. The summed E-state index contributed by atoms with van der Waals surface area (Å²) < 4.78 is 23.8. The van der Waals surface area contributed by atoms with E-state index in [9.17, 15) is 4.79 Å². The minimum Gasteiger partial charge on any atom is -0.487 e. The molecule has 2 aromatic carbocycles. The SMILES string of the molecule is Cc1ccc2nc(COc3cccc(C(=O)Oc4ccc5c(c4)OCO5)c3)cn2c1. The highest BCUT2D eigenvalue weighted by Crippen LogP contribution is 2.35. The molecule has 7 heteroatoms. The lowest BCUT2D eigenvalue weighted by Gasteiger charge is -2.08. The number of imidazole rings is 1. The number of ether oxygens (including phenoxy) is 4. The number of fused-ring (bicyclic) bond motifs is 2. The summed E-state index contributed by atoms with van der Waals surface area (Å²) >= 11 is 0. The monoisotopic (exact) mass is 402 g/mol. The second-order valence-electron chi connectivity index (χ2n) is 6.93. The normalized spacial score (nSPS) is 12.2. The predicted octanol–water partition coefficient (Wildman–Crippen LogP) is 4.17. The highest BCUT2D eigenvalue weighted by atomic mass is 16.7. The van der Waals surface area contributed by atoms with E-state index in [1.54, 1.807) is 42.5 Å². The molecule has 4 aromatic rings. The fourth-order valence-electron chi connectivity index (χ4n) is 3.20. The largest absolute Gasteiger partial charge is 0.487 e. The van der Waals surface area contributed by atoms with Crippen LogP contribution >= 0.6 is 0 Å². The second kappa shape index (κ2) is 7.44. The third-order valence-corrected chi connectivity index (χ3v) is 4.66. The van der Waals surface area contributed by atoms with Gasteiger partial charge in [0.2, 0.25) is 6.79 Å². The van der Waals surface area contributed by atoms with Gasteiger partial charge in [0.15, 0.2) is 11.5 Å². The van der Waals surface area contributed by atoms with E-state index in [2.05, 4.69) is 4.98 Å². The van der Waals surface area contributed by atoms with Crippen LogP contribution in [-0.4, -0.2) is 22.1 Å². The summed E-state index contributed by atoms with van der Waals surface area (Å²) in [5.74, 6) is 1.65. The van der Waals surface area contributed by atoms with Crippen molar-refractivity contribution < 1.29 is 23.7 Å². The van der Waals surface area contributed by atoms with Crippen molar-refractivity contribution in [1.29, 1.82) is 0 Å². The van der Waals surface area contributed by atoms with Gasteiger partial charge in [-0.3, -0.25) is 0 Å². The summed E-state index contributed by atoms with van der Waals surface area (Å²) in [5, 5.41) is 0. The van der Waals surface area contributed by atoms with Crippen LogP contribution in [0.5, 0.6) is 23.0 Å². The first-order valence-corrected chi connectivity index (χ1v) is 9.43. The topological polar surface area (TPSA) is 71.3 Å². The van der Waals surface area contributed by atoms with Gasteiger partial charge in [-0.1, -0.05) is 12.1 Å². The van der Waals surface area contributed by atoms with Gasteiger partial charge >= 0.3 is 5.97 Å². The molecule has 1 aliphatic rings. The Balaban J connectivity index is 1.26. The van der Waals surface area contributed by atoms with Crippen molar-refractivity contribution in [3.05, 3.63) is 83.8 Å². The summed E-state index contributed by atoms with van der Waals surface area (Å²) in [7, 11) is 0. The first-order valence-electron chi connectivity index (χ1n) is 9.43. The summed E-state index contributed by atoms with van der Waals surface area (Å²) in [6.45, 7) is 2.49. The number of pyridine rings is 1. The number of rotatable bonds is 5. The Hall–Kier alpha value is -4.00. The Morgan fingerprint density at radius 3 is 2.87 bits per heavy atom. The molecular weight excluding hydrogens is 384 g/mol. The van der Waals surface area contributed by atoms with Crippen LogP contribution in [0.2, 0.25) is 0 Å². The van der Waals surface area contributed by atoms with Gasteiger partial charge in [0, 0.05) is 18.5 Å². The van der Waals surface area contributed by atoms with E-state index < -0.39 is 5.97 Å². The minimum absolute atomic E-state index is 0.165. The first-order chi connectivity index (χ1) is 14.6. The summed E-state index contributed by atoms with van der Waals surface area (Å²) in [6.07, 6.45) is 3.94. The number of aromatic nitrogens is 2. The molecule has 0 radical (unpaired) electrons. The first kappa shape index (κ1) is 18.1. The second-order valence-corrected chi connectivity index (χ2v) is 6.93. The van der Waals surface area contributed by atoms with Crippen molar-refractivity contribution in [2.45, 2.75) is 13.5 Å². The quantitative estimate of drug-likeness (QED) is 0.369. The molecule has 1 aliphatic heterocycles. The number of nitrogens with zero attached hydrogens (tertiary/aromatic N) is 2. The van der Waals surface area contributed by atoms with E-state index in [1.165, 1.54) is 0 Å². The molecule has 5 rings (SSSR count). The third kappa shape index (κ3) is 3.65. The number of benzene rings is 2. The van der Waals surface area contributed by atoms with Gasteiger partial charge in [0.05, 0.1) is 11.3 Å². The van der Waals surface area contributed by atoms with Crippen molar-refractivity contribution in [3.63, 3.8) is 0 Å². The van der Waals surface area contributed by atoms with Gasteiger partial charge in [0.1, 0.15) is 23.8 Å². The van der Waals surface area contributed by atoms with Gasteiger partial charge in [-0.25, -0.2) is 9.78 Å². The molecule has 30 heavy (non-hydrogen) atoms. The zero-order valence-electron chi connectivity index (χ0n) is 16.2. The van der Waals surface area contributed by atoms with E-state index in [1.807, 2.05) is 35.9 Å². The molecule has 0 aliphatic carbocycles. The van der Waals surface area contributed by atoms with Gasteiger partial charge in [-0.05, 0) is 48.9 Å². The number of esters is 1. The van der Waals surface area contributed by atoms with Crippen molar-refractivity contribution in [3.8, 4) is 23.0 Å². The molecule has 0 fully saturated rings. The highest BCUT2D eigenvalue weighted by molar-refractivity contribution is 5.91. The van der Waals surface area contributed by atoms with Crippen LogP contribution in [0.1, 0.15) is 21.6 Å². The lowest BCUT2D eigenvalue weighted by atomic mass is 10.2. The lowest BCUT2D eigenvalue weighted by molar-refractivity contribution is 0.0734. The van der Waals surface area contributed by atoms with Crippen LogP contribution in [0, 0.1) is 6.92 Å². The summed E-state index contributed by atoms with van der Waals surface area (Å²) in [4.78, 5) is 17.1. The molecule has 3 heterocycles. The lowest BCUT2D eigenvalue weighted by Crippen LogP contribution is -2.08. The fraction of sp³-hybridized carbons (Fsp3) is 0.130. The zero-order valence-corrected chi connectivity index (χ0v) is 16.2. The maximum atomic E-state index is 12.5. The smallest absolute Gasteiger partial charge is 0.343 e. The van der Waals surface area contributed by atoms with Gasteiger partial charge in [-0.2, -0.15) is 0 Å². The van der Waals surface area contributed by atoms with Crippen molar-refractivity contribution in [2.75, 3.05) is 6.79 Å². The van der Waals surface area contributed by atoms with Gasteiger partial charge in [0.25, 0.3) is 0 Å². The van der Waals surface area contributed by atoms with E-state index >= 15 is 0 Å². The molecule has 0 amide bonds. The Morgan fingerprint density at radius 1 is 1.03 bits per heavy atom. The fourth-order valence-corrected chi connectivity index (χ4v) is 3.20. The number of carbonyl (C=O) groups excluding carboxylic acids is 1. The molecule has 7 nitrogen and oxygen atoms in total. The maximum absolute atomic E-state index is 12.5. The highest BCUT2D eigenvalue weighted by Gasteiger charge is 2.16. The van der Waals surface area contributed by atoms with Crippen LogP contribution in [0.4, 0.5) is 0 Å². The van der Waals surface area contributed by atoms with Gasteiger partial charge in [-0.15, -0.1) is 0 Å². The molecule has 0 saturated heterocycles. The van der Waals surface area contributed by atoms with Crippen molar-refractivity contribution in [1.82, 2.24) is 9.38 Å². The van der Waals surface area contributed by atoms with Gasteiger partial charge < -0.3 is 23.3 Å². The number of aryl methyl sites for hydroxylation is 1. The average Bonchev–Trinajstić information content (AvgIpc) is 3.38. The summed E-state index contributed by atoms with van der Waals surface area (Å²) in [5.41, 5.74) is 3.20. The Morgan fingerprint density at radius 2 is 1.93 bits per heavy atom. The number of hydrogen-bond acceptors (Lipinski definition) is 6. The molecule has 150 valence electrons. The predicted molar refractivity (Wildman–Crippen MR) is 108 cm³/mol. The van der Waals surface area contributed by atoms with Crippen molar-refractivity contribution in [2.24, 2.45) is 0 Å². The van der Waals surface area contributed by atoms with Crippen LogP contribution in [0.3, 0.4) is 0 Å². The summed E-state index contributed by atoms with van der Waals surface area (Å²) in [6, 6.07) is 15.8. The Bertz CT molecular complexity index is 1250. The molecule has 0 saturated carbocycles. The van der Waals surface area contributed by atoms with Crippen LogP contribution in [0.15, 0.2) is 67.0 Å².